The van der Waals surface area contributed by atoms with Gasteiger partial charge in [-0.15, -0.1) is 0 Å². The highest BCUT2D eigenvalue weighted by Gasteiger charge is 2.29. The van der Waals surface area contributed by atoms with Gasteiger partial charge in [-0.25, -0.2) is 0 Å². The summed E-state index contributed by atoms with van der Waals surface area (Å²) in [5.74, 6) is 0.205. The predicted octanol–water partition coefficient (Wildman–Crippen LogP) is 0.219. The average Bonchev–Trinajstić information content (AvgIpc) is 2.98. The van der Waals surface area contributed by atoms with E-state index in [-0.39, 0.29) is 5.91 Å². The average molecular weight is 209 g/mol. The number of hydrogen-bond acceptors (Lipinski definition) is 3. The molecule has 0 aliphatic heterocycles. The van der Waals surface area contributed by atoms with Gasteiger partial charge < -0.3 is 10.4 Å². The van der Waals surface area contributed by atoms with E-state index in [2.05, 4.69) is 15.5 Å². The van der Waals surface area contributed by atoms with Crippen molar-refractivity contribution in [1.29, 1.82) is 0 Å². The number of carbonyl (C=O) groups is 1. The Hall–Kier alpha value is -1.36. The molecule has 15 heavy (non-hydrogen) atoms. The highest BCUT2D eigenvalue weighted by molar-refractivity contribution is 5.94. The van der Waals surface area contributed by atoms with Crippen molar-refractivity contribution in [3.8, 4) is 0 Å². The molecule has 1 heterocycles. The third-order valence-corrected chi connectivity index (χ3v) is 2.71. The maximum atomic E-state index is 11.6. The molecular formula is C10H15N3O2. The fourth-order valence-electron chi connectivity index (χ4n) is 1.52. The van der Waals surface area contributed by atoms with Gasteiger partial charge in [-0.05, 0) is 25.7 Å². The van der Waals surface area contributed by atoms with Gasteiger partial charge in [-0.2, -0.15) is 5.10 Å². The van der Waals surface area contributed by atoms with E-state index in [1.54, 1.807) is 6.92 Å². The summed E-state index contributed by atoms with van der Waals surface area (Å²) in [6, 6.07) is 0. The molecule has 1 aromatic heterocycles. The summed E-state index contributed by atoms with van der Waals surface area (Å²) in [4.78, 5) is 11.6. The van der Waals surface area contributed by atoms with Crippen LogP contribution in [-0.4, -0.2) is 33.9 Å². The fraction of sp³-hybridized carbons (Fsp3) is 0.600. The Morgan fingerprint density at radius 3 is 3.07 bits per heavy atom. The zero-order chi connectivity index (χ0) is 10.8. The second-order valence-corrected chi connectivity index (χ2v) is 4.02. The quantitative estimate of drug-likeness (QED) is 0.663. The number of carbonyl (C=O) groups excluding carboxylic acids is 1. The van der Waals surface area contributed by atoms with Gasteiger partial charge in [0.25, 0.3) is 5.91 Å². The van der Waals surface area contributed by atoms with Gasteiger partial charge >= 0.3 is 0 Å². The summed E-state index contributed by atoms with van der Waals surface area (Å²) in [7, 11) is 0. The molecule has 1 fully saturated rings. The monoisotopic (exact) mass is 209 g/mol. The fourth-order valence-corrected chi connectivity index (χ4v) is 1.52. The van der Waals surface area contributed by atoms with Crippen LogP contribution < -0.4 is 5.32 Å². The van der Waals surface area contributed by atoms with E-state index in [1.807, 2.05) is 0 Å². The molecule has 1 aliphatic rings. The van der Waals surface area contributed by atoms with Gasteiger partial charge in [-0.1, -0.05) is 0 Å². The first-order valence-electron chi connectivity index (χ1n) is 5.14. The molecule has 1 atom stereocenters. The lowest BCUT2D eigenvalue weighted by atomic mass is 10.2. The van der Waals surface area contributed by atoms with Gasteiger partial charge in [0.05, 0.1) is 17.9 Å². The molecule has 5 nitrogen and oxygen atoms in total. The highest BCUT2D eigenvalue weighted by atomic mass is 16.3. The number of hydrogen-bond donors (Lipinski definition) is 3. The maximum Gasteiger partial charge on any atom is 0.254 e. The minimum Gasteiger partial charge on any atom is -0.391 e. The van der Waals surface area contributed by atoms with E-state index in [0.717, 1.165) is 18.5 Å². The van der Waals surface area contributed by atoms with Crippen LogP contribution in [0, 0.1) is 12.8 Å². The Labute approximate surface area is 87.9 Å². The number of H-pyrrole nitrogens is 1. The van der Waals surface area contributed by atoms with E-state index in [4.69, 9.17) is 0 Å². The number of aromatic amines is 1. The van der Waals surface area contributed by atoms with Crippen molar-refractivity contribution in [3.05, 3.63) is 17.5 Å². The van der Waals surface area contributed by atoms with E-state index in [9.17, 15) is 9.90 Å². The number of nitrogens with one attached hydrogen (secondary N) is 2. The van der Waals surface area contributed by atoms with E-state index in [0.29, 0.717) is 18.0 Å². The molecule has 3 N–H and O–H groups in total. The van der Waals surface area contributed by atoms with E-state index in [1.165, 1.54) is 6.20 Å². The molecule has 5 heteroatoms. The molecule has 0 aromatic carbocycles. The largest absolute Gasteiger partial charge is 0.391 e. The minimum atomic E-state index is -0.402. The number of rotatable bonds is 4. The lowest BCUT2D eigenvalue weighted by Gasteiger charge is -2.09. The molecular weight excluding hydrogens is 194 g/mol. The molecule has 1 unspecified atom stereocenters. The summed E-state index contributed by atoms with van der Waals surface area (Å²) in [6.07, 6.45) is 3.23. The van der Waals surface area contributed by atoms with Crippen molar-refractivity contribution in [2.24, 2.45) is 5.92 Å². The standard InChI is InChI=1S/C10H15N3O2/c1-6-8(4-12-13-6)10(15)11-5-9(14)7-2-3-7/h4,7,9,14H,2-3,5H2,1H3,(H,11,15)(H,12,13). The highest BCUT2D eigenvalue weighted by Crippen LogP contribution is 2.32. The molecule has 1 aliphatic carbocycles. The van der Waals surface area contributed by atoms with Gasteiger partial charge in [0.1, 0.15) is 0 Å². The second-order valence-electron chi connectivity index (χ2n) is 4.02. The lowest BCUT2D eigenvalue weighted by Crippen LogP contribution is -2.33. The first-order valence-corrected chi connectivity index (χ1v) is 5.14. The molecule has 0 radical (unpaired) electrons. The maximum absolute atomic E-state index is 11.6. The third-order valence-electron chi connectivity index (χ3n) is 2.71. The van der Waals surface area contributed by atoms with Crippen LogP contribution in [0.25, 0.3) is 0 Å². The molecule has 1 aromatic rings. The van der Waals surface area contributed by atoms with E-state index >= 15 is 0 Å². The molecule has 2 rings (SSSR count). The Morgan fingerprint density at radius 2 is 2.53 bits per heavy atom. The Balaban J connectivity index is 1.84. The molecule has 0 bridgehead atoms. The number of aliphatic hydroxyl groups is 1. The molecule has 1 amide bonds. The van der Waals surface area contributed by atoms with Gasteiger partial charge in [-0.3, -0.25) is 9.89 Å². The van der Waals surface area contributed by atoms with Crippen molar-refractivity contribution in [1.82, 2.24) is 15.5 Å². The first-order chi connectivity index (χ1) is 7.18. The predicted molar refractivity (Wildman–Crippen MR) is 54.4 cm³/mol. The Bertz CT molecular complexity index is 357. The molecule has 1 saturated carbocycles. The topological polar surface area (TPSA) is 78.0 Å². The number of aryl methyl sites for hydroxylation is 1. The molecule has 0 saturated heterocycles. The summed E-state index contributed by atoms with van der Waals surface area (Å²) in [5.41, 5.74) is 1.28. The van der Waals surface area contributed by atoms with Crippen molar-refractivity contribution in [3.63, 3.8) is 0 Å². The Kier molecular flexibility index (Phi) is 2.73. The van der Waals surface area contributed by atoms with Gasteiger partial charge in [0.2, 0.25) is 0 Å². The van der Waals surface area contributed by atoms with Crippen molar-refractivity contribution < 1.29 is 9.90 Å². The summed E-state index contributed by atoms with van der Waals surface area (Å²) < 4.78 is 0. The van der Waals surface area contributed by atoms with Crippen LogP contribution in [-0.2, 0) is 0 Å². The molecule has 82 valence electrons. The summed E-state index contributed by atoms with van der Waals surface area (Å²) in [6.45, 7) is 2.12. The van der Waals surface area contributed by atoms with Gasteiger partial charge in [0.15, 0.2) is 0 Å². The van der Waals surface area contributed by atoms with Crippen molar-refractivity contribution >= 4 is 5.91 Å². The summed E-state index contributed by atoms with van der Waals surface area (Å²) >= 11 is 0. The minimum absolute atomic E-state index is 0.180. The van der Waals surface area contributed by atoms with Crippen LogP contribution >= 0.6 is 0 Å². The smallest absolute Gasteiger partial charge is 0.254 e. The van der Waals surface area contributed by atoms with Gasteiger partial charge in [0, 0.05) is 12.2 Å². The van der Waals surface area contributed by atoms with Crippen LogP contribution in [0.1, 0.15) is 28.9 Å². The number of amides is 1. The second kappa shape index (κ2) is 4.02. The zero-order valence-corrected chi connectivity index (χ0v) is 8.66. The number of aromatic nitrogens is 2. The van der Waals surface area contributed by atoms with Crippen LogP contribution in [0.3, 0.4) is 0 Å². The lowest BCUT2D eigenvalue weighted by molar-refractivity contribution is 0.0900. The number of aliphatic hydroxyl groups excluding tert-OH is 1. The summed E-state index contributed by atoms with van der Waals surface area (Å²) in [5, 5.41) is 18.7. The van der Waals surface area contributed by atoms with Crippen LogP contribution in [0.15, 0.2) is 6.20 Å². The number of nitrogens with zero attached hydrogens (tertiary/aromatic N) is 1. The first kappa shape index (κ1) is 10.2. The Morgan fingerprint density at radius 1 is 1.80 bits per heavy atom. The normalized spacial score (nSPS) is 17.5. The van der Waals surface area contributed by atoms with Crippen LogP contribution in [0.4, 0.5) is 0 Å². The zero-order valence-electron chi connectivity index (χ0n) is 8.66. The van der Waals surface area contributed by atoms with Crippen molar-refractivity contribution in [2.45, 2.75) is 25.9 Å². The SMILES string of the molecule is Cc1[nH]ncc1C(=O)NCC(O)C1CC1. The van der Waals surface area contributed by atoms with Crippen LogP contribution in [0.5, 0.6) is 0 Å². The van der Waals surface area contributed by atoms with E-state index < -0.39 is 6.10 Å². The molecule has 0 spiro atoms. The van der Waals surface area contributed by atoms with Crippen molar-refractivity contribution in [2.75, 3.05) is 6.54 Å². The third kappa shape index (κ3) is 2.36. The van der Waals surface area contributed by atoms with Crippen LogP contribution in [0.2, 0.25) is 0 Å².